The maximum atomic E-state index is 12.5. The molecule has 2 rings (SSSR count). The monoisotopic (exact) mass is 492 g/mol. The van der Waals surface area contributed by atoms with E-state index < -0.39 is 10.0 Å². The van der Waals surface area contributed by atoms with Crippen molar-refractivity contribution in [1.82, 2.24) is 4.90 Å². The van der Waals surface area contributed by atoms with Crippen LogP contribution in [-0.2, 0) is 21.4 Å². The highest BCUT2D eigenvalue weighted by atomic mass is 127. The first-order chi connectivity index (χ1) is 11.7. The standard InChI is InChI=1S/C17H18ClIN2O3S/c1-20(11-13-3-5-14(18)6-4-13)17(22)12-21(25(2,23)24)16-9-7-15(19)8-10-16/h3-10H,11-12H2,1-2H3. The van der Waals surface area contributed by atoms with E-state index in [1.165, 1.54) is 4.90 Å². The number of hydrogen-bond donors (Lipinski definition) is 0. The van der Waals surface area contributed by atoms with E-state index in [2.05, 4.69) is 22.6 Å². The number of nitrogens with zero attached hydrogens (tertiary/aromatic N) is 2. The Hall–Kier alpha value is -1.32. The third-order valence-corrected chi connectivity index (χ3v) is 5.66. The van der Waals surface area contributed by atoms with Gasteiger partial charge in [-0.05, 0) is 64.6 Å². The van der Waals surface area contributed by atoms with Crippen molar-refractivity contribution in [3.8, 4) is 0 Å². The van der Waals surface area contributed by atoms with Gasteiger partial charge in [-0.3, -0.25) is 9.10 Å². The van der Waals surface area contributed by atoms with E-state index in [-0.39, 0.29) is 12.5 Å². The lowest BCUT2D eigenvalue weighted by atomic mass is 10.2. The van der Waals surface area contributed by atoms with E-state index in [4.69, 9.17) is 11.6 Å². The average molecular weight is 493 g/mol. The summed E-state index contributed by atoms with van der Waals surface area (Å²) < 4.78 is 26.3. The number of anilines is 1. The van der Waals surface area contributed by atoms with Crippen molar-refractivity contribution in [2.45, 2.75) is 6.54 Å². The highest BCUT2D eigenvalue weighted by molar-refractivity contribution is 14.1. The zero-order chi connectivity index (χ0) is 18.6. The molecule has 0 fully saturated rings. The summed E-state index contributed by atoms with van der Waals surface area (Å²) in [6.07, 6.45) is 1.09. The molecule has 0 unspecified atom stereocenters. The van der Waals surface area contributed by atoms with Gasteiger partial charge in [-0.15, -0.1) is 0 Å². The van der Waals surface area contributed by atoms with Crippen LogP contribution < -0.4 is 4.31 Å². The number of halogens is 2. The third kappa shape index (κ3) is 5.86. The normalized spacial score (nSPS) is 11.2. The highest BCUT2D eigenvalue weighted by Gasteiger charge is 2.22. The first-order valence-corrected chi connectivity index (χ1v) is 10.7. The first-order valence-electron chi connectivity index (χ1n) is 7.38. The number of carbonyl (C=O) groups excluding carboxylic acids is 1. The third-order valence-electron chi connectivity index (χ3n) is 3.55. The second-order valence-electron chi connectivity index (χ2n) is 5.62. The summed E-state index contributed by atoms with van der Waals surface area (Å²) >= 11 is 7.99. The fourth-order valence-corrected chi connectivity index (χ4v) is 3.54. The van der Waals surface area contributed by atoms with Crippen LogP contribution in [0, 0.1) is 3.57 Å². The summed E-state index contributed by atoms with van der Waals surface area (Å²) in [5.41, 5.74) is 1.39. The van der Waals surface area contributed by atoms with Crippen LogP contribution in [0.15, 0.2) is 48.5 Å². The largest absolute Gasteiger partial charge is 0.340 e. The van der Waals surface area contributed by atoms with Gasteiger partial charge < -0.3 is 4.90 Å². The number of hydrogen-bond acceptors (Lipinski definition) is 3. The summed E-state index contributed by atoms with van der Waals surface area (Å²) in [4.78, 5) is 14.0. The molecule has 0 aliphatic heterocycles. The molecule has 0 saturated heterocycles. The number of carbonyl (C=O) groups is 1. The van der Waals surface area contributed by atoms with E-state index in [1.54, 1.807) is 43.4 Å². The summed E-state index contributed by atoms with van der Waals surface area (Å²) in [7, 11) is -1.93. The molecule has 8 heteroatoms. The lowest BCUT2D eigenvalue weighted by molar-refractivity contribution is -0.128. The van der Waals surface area contributed by atoms with Crippen LogP contribution in [0.5, 0.6) is 0 Å². The maximum Gasteiger partial charge on any atom is 0.243 e. The SMILES string of the molecule is CN(Cc1ccc(Cl)cc1)C(=O)CN(c1ccc(I)cc1)S(C)(=O)=O. The molecule has 2 aromatic rings. The van der Waals surface area contributed by atoms with Gasteiger partial charge in [0.1, 0.15) is 6.54 Å². The van der Waals surface area contributed by atoms with Crippen LogP contribution in [0.4, 0.5) is 5.69 Å². The number of benzene rings is 2. The quantitative estimate of drug-likeness (QED) is 0.581. The Morgan fingerprint density at radius 3 is 2.16 bits per heavy atom. The van der Waals surface area contributed by atoms with E-state index in [1.807, 2.05) is 12.1 Å². The molecule has 5 nitrogen and oxygen atoms in total. The van der Waals surface area contributed by atoms with E-state index >= 15 is 0 Å². The van der Waals surface area contributed by atoms with Crippen molar-refractivity contribution in [3.05, 3.63) is 62.7 Å². The second-order valence-corrected chi connectivity index (χ2v) is 9.21. The van der Waals surface area contributed by atoms with Crippen molar-refractivity contribution >= 4 is 55.8 Å². The Kier molecular flexibility index (Phi) is 6.70. The van der Waals surface area contributed by atoms with Crippen LogP contribution >= 0.6 is 34.2 Å². The van der Waals surface area contributed by atoms with Gasteiger partial charge in [0.15, 0.2) is 0 Å². The number of amides is 1. The molecule has 1 amide bonds. The Morgan fingerprint density at radius 2 is 1.64 bits per heavy atom. The molecule has 0 aliphatic carbocycles. The molecular weight excluding hydrogens is 475 g/mol. The lowest BCUT2D eigenvalue weighted by Crippen LogP contribution is -2.41. The first kappa shape index (κ1) is 20.0. The smallest absolute Gasteiger partial charge is 0.243 e. The lowest BCUT2D eigenvalue weighted by Gasteiger charge is -2.25. The number of sulfonamides is 1. The Labute approximate surface area is 166 Å². The molecule has 0 atom stereocenters. The van der Waals surface area contributed by atoms with Crippen molar-refractivity contribution in [2.24, 2.45) is 0 Å². The number of rotatable bonds is 6. The predicted molar refractivity (Wildman–Crippen MR) is 109 cm³/mol. The van der Waals surface area contributed by atoms with Gasteiger partial charge in [0, 0.05) is 22.2 Å². The van der Waals surface area contributed by atoms with Gasteiger partial charge in [-0.2, -0.15) is 0 Å². The van der Waals surface area contributed by atoms with Crippen LogP contribution in [0.3, 0.4) is 0 Å². The summed E-state index contributed by atoms with van der Waals surface area (Å²) in [5.74, 6) is -0.293. The Morgan fingerprint density at radius 1 is 1.08 bits per heavy atom. The Bertz CT molecular complexity index is 839. The van der Waals surface area contributed by atoms with Gasteiger partial charge in [0.05, 0.1) is 11.9 Å². The molecule has 0 aromatic heterocycles. The van der Waals surface area contributed by atoms with Crippen LogP contribution in [0.2, 0.25) is 5.02 Å². The molecule has 25 heavy (non-hydrogen) atoms. The second kappa shape index (κ2) is 8.37. The van der Waals surface area contributed by atoms with Crippen LogP contribution in [0.25, 0.3) is 0 Å². The van der Waals surface area contributed by atoms with Crippen molar-refractivity contribution in [1.29, 1.82) is 0 Å². The molecular formula is C17H18ClIN2O3S. The van der Waals surface area contributed by atoms with Crippen LogP contribution in [-0.4, -0.2) is 39.1 Å². The van der Waals surface area contributed by atoms with Crippen molar-refractivity contribution in [2.75, 3.05) is 24.2 Å². The molecule has 2 aromatic carbocycles. The molecule has 134 valence electrons. The molecule has 0 aliphatic rings. The van der Waals surface area contributed by atoms with E-state index in [9.17, 15) is 13.2 Å². The van der Waals surface area contributed by atoms with E-state index in [0.29, 0.717) is 17.3 Å². The van der Waals surface area contributed by atoms with Gasteiger partial charge in [0.25, 0.3) is 0 Å². The minimum Gasteiger partial charge on any atom is -0.340 e. The summed E-state index contributed by atoms with van der Waals surface area (Å²) in [5, 5.41) is 0.625. The van der Waals surface area contributed by atoms with Gasteiger partial charge >= 0.3 is 0 Å². The minimum absolute atomic E-state index is 0.247. The molecule has 0 N–H and O–H groups in total. The molecule has 0 heterocycles. The summed E-state index contributed by atoms with van der Waals surface area (Å²) in [6.45, 7) is 0.129. The number of likely N-dealkylation sites (N-methyl/N-ethyl adjacent to an activating group) is 1. The molecule has 0 radical (unpaired) electrons. The van der Waals surface area contributed by atoms with Crippen molar-refractivity contribution in [3.63, 3.8) is 0 Å². The molecule has 0 bridgehead atoms. The van der Waals surface area contributed by atoms with Gasteiger partial charge in [-0.1, -0.05) is 23.7 Å². The highest BCUT2D eigenvalue weighted by Crippen LogP contribution is 2.19. The predicted octanol–water partition coefficient (Wildman–Crippen LogP) is 3.37. The van der Waals surface area contributed by atoms with Crippen molar-refractivity contribution < 1.29 is 13.2 Å². The zero-order valence-corrected chi connectivity index (χ0v) is 17.5. The Balaban J connectivity index is 2.13. The fourth-order valence-electron chi connectivity index (χ4n) is 2.20. The average Bonchev–Trinajstić information content (AvgIpc) is 2.54. The topological polar surface area (TPSA) is 57.7 Å². The molecule has 0 saturated carbocycles. The van der Waals surface area contributed by atoms with Crippen LogP contribution in [0.1, 0.15) is 5.56 Å². The maximum absolute atomic E-state index is 12.5. The van der Waals surface area contributed by atoms with Gasteiger partial charge in [0.2, 0.25) is 15.9 Å². The van der Waals surface area contributed by atoms with Gasteiger partial charge in [-0.25, -0.2) is 8.42 Å². The minimum atomic E-state index is -3.57. The molecule has 0 spiro atoms. The zero-order valence-electron chi connectivity index (χ0n) is 13.8. The summed E-state index contributed by atoms with van der Waals surface area (Å²) in [6, 6.07) is 14.2. The van der Waals surface area contributed by atoms with E-state index in [0.717, 1.165) is 19.7 Å². The fraction of sp³-hybridized carbons (Fsp3) is 0.235.